The number of nitrogens with zero attached hydrogens (tertiary/aromatic N) is 4. The summed E-state index contributed by atoms with van der Waals surface area (Å²) in [6.45, 7) is 0.124. The number of carbonyl (C=O) groups excluding carboxylic acids is 1. The van der Waals surface area contributed by atoms with E-state index in [9.17, 15) is 14.9 Å². The van der Waals surface area contributed by atoms with E-state index in [4.69, 9.17) is 10.4 Å². The van der Waals surface area contributed by atoms with Gasteiger partial charge in [0.25, 0.3) is 5.91 Å². The molecule has 0 saturated heterocycles. The van der Waals surface area contributed by atoms with Crippen molar-refractivity contribution in [3.8, 4) is 0 Å². The summed E-state index contributed by atoms with van der Waals surface area (Å²) < 4.78 is 6.16. The predicted octanol–water partition coefficient (Wildman–Crippen LogP) is -0.569. The van der Waals surface area contributed by atoms with Gasteiger partial charge in [-0.25, -0.2) is 5.84 Å². The number of amides is 1. The molecular formula is C8H8N6O4. The van der Waals surface area contributed by atoms with E-state index < -0.39 is 10.8 Å². The summed E-state index contributed by atoms with van der Waals surface area (Å²) in [5, 5.41) is 17.7. The first kappa shape index (κ1) is 11.7. The van der Waals surface area contributed by atoms with E-state index in [0.717, 1.165) is 6.20 Å². The number of hydrogen-bond donors (Lipinski definition) is 2. The van der Waals surface area contributed by atoms with Gasteiger partial charge in [-0.15, -0.1) is 0 Å². The van der Waals surface area contributed by atoms with E-state index in [0.29, 0.717) is 5.76 Å². The molecule has 0 spiro atoms. The van der Waals surface area contributed by atoms with Gasteiger partial charge in [0.05, 0.1) is 4.92 Å². The number of rotatable bonds is 4. The van der Waals surface area contributed by atoms with Crippen molar-refractivity contribution in [2.75, 3.05) is 0 Å². The number of nitrogens with one attached hydrogen (secondary N) is 1. The highest BCUT2D eigenvalue weighted by Gasteiger charge is 2.13. The molecule has 2 heterocycles. The van der Waals surface area contributed by atoms with Crippen molar-refractivity contribution in [3.63, 3.8) is 0 Å². The molecule has 2 rings (SSSR count). The Kier molecular flexibility index (Phi) is 3.02. The van der Waals surface area contributed by atoms with Gasteiger partial charge in [0.15, 0.2) is 11.5 Å². The van der Waals surface area contributed by atoms with Crippen LogP contribution in [0.1, 0.15) is 16.2 Å². The third-order valence-electron chi connectivity index (χ3n) is 2.07. The molecule has 2 aromatic rings. The van der Waals surface area contributed by atoms with Crippen LogP contribution in [0.4, 0.5) is 5.69 Å². The molecule has 0 radical (unpaired) electrons. The van der Waals surface area contributed by atoms with Crippen LogP contribution in [-0.4, -0.2) is 25.8 Å². The number of aromatic nitrogens is 3. The first-order valence-electron chi connectivity index (χ1n) is 4.73. The van der Waals surface area contributed by atoms with Gasteiger partial charge >= 0.3 is 5.69 Å². The minimum Gasteiger partial charge on any atom is -0.359 e. The van der Waals surface area contributed by atoms with Crippen LogP contribution >= 0.6 is 0 Å². The number of nitrogen functional groups attached to an aromatic ring is 1. The summed E-state index contributed by atoms with van der Waals surface area (Å²) in [4.78, 5) is 21.0. The zero-order chi connectivity index (χ0) is 13.1. The Morgan fingerprint density at radius 2 is 2.44 bits per heavy atom. The number of hydrazine groups is 1. The van der Waals surface area contributed by atoms with Crippen molar-refractivity contribution in [2.45, 2.75) is 6.54 Å². The number of nitro groups is 1. The minimum absolute atomic E-state index is 0.0224. The molecule has 0 fully saturated rings. The maximum Gasteiger partial charge on any atom is 0.307 e. The lowest BCUT2D eigenvalue weighted by Gasteiger charge is -1.93. The Labute approximate surface area is 99.5 Å². The first-order valence-corrected chi connectivity index (χ1v) is 4.73. The second kappa shape index (κ2) is 4.63. The summed E-state index contributed by atoms with van der Waals surface area (Å²) in [6, 6.07) is 1.37. The molecule has 18 heavy (non-hydrogen) atoms. The van der Waals surface area contributed by atoms with Crippen LogP contribution in [0.5, 0.6) is 0 Å². The Morgan fingerprint density at radius 3 is 3.06 bits per heavy atom. The van der Waals surface area contributed by atoms with Crippen LogP contribution in [0.2, 0.25) is 0 Å². The van der Waals surface area contributed by atoms with E-state index in [1.165, 1.54) is 16.9 Å². The lowest BCUT2D eigenvalue weighted by Crippen LogP contribution is -2.30. The molecule has 0 aliphatic heterocycles. The van der Waals surface area contributed by atoms with Gasteiger partial charge < -0.3 is 4.52 Å². The van der Waals surface area contributed by atoms with Crippen molar-refractivity contribution in [3.05, 3.63) is 40.0 Å². The minimum atomic E-state index is -0.587. The highest BCUT2D eigenvalue weighted by atomic mass is 16.6. The van der Waals surface area contributed by atoms with E-state index in [2.05, 4.69) is 10.3 Å². The van der Waals surface area contributed by atoms with Gasteiger partial charge in [-0.1, -0.05) is 5.16 Å². The summed E-state index contributed by atoms with van der Waals surface area (Å²) in [6.07, 6.45) is 2.36. The van der Waals surface area contributed by atoms with E-state index >= 15 is 0 Å². The number of hydrogen-bond acceptors (Lipinski definition) is 7. The van der Waals surface area contributed by atoms with Crippen LogP contribution in [-0.2, 0) is 6.54 Å². The standard InChI is InChI=1S/C8H8N6O4/c9-11-8(15)7-1-6(18-12-7)4-13-3-5(2-10-13)14(16)17/h1-3H,4,9H2,(H,11,15). The van der Waals surface area contributed by atoms with Crippen LogP contribution < -0.4 is 11.3 Å². The molecular weight excluding hydrogens is 244 g/mol. The zero-order valence-corrected chi connectivity index (χ0v) is 8.94. The molecule has 0 aromatic carbocycles. The maximum absolute atomic E-state index is 11.1. The average Bonchev–Trinajstić information content (AvgIpc) is 2.98. The van der Waals surface area contributed by atoms with Gasteiger partial charge in [-0.05, 0) is 0 Å². The number of nitrogens with two attached hydrogens (primary N) is 1. The normalized spacial score (nSPS) is 10.3. The van der Waals surface area contributed by atoms with Gasteiger partial charge in [0.2, 0.25) is 0 Å². The average molecular weight is 252 g/mol. The number of carbonyl (C=O) groups is 1. The smallest absolute Gasteiger partial charge is 0.307 e. The van der Waals surface area contributed by atoms with Gasteiger partial charge in [0.1, 0.15) is 18.9 Å². The van der Waals surface area contributed by atoms with E-state index in [1.54, 1.807) is 0 Å². The summed E-state index contributed by atoms with van der Waals surface area (Å²) in [7, 11) is 0. The highest BCUT2D eigenvalue weighted by molar-refractivity contribution is 5.91. The fourth-order valence-electron chi connectivity index (χ4n) is 1.26. The molecule has 94 valence electrons. The van der Waals surface area contributed by atoms with Crippen LogP contribution in [0.15, 0.2) is 23.0 Å². The highest BCUT2D eigenvalue weighted by Crippen LogP contribution is 2.10. The topological polar surface area (TPSA) is 142 Å². The van der Waals surface area contributed by atoms with Gasteiger partial charge in [-0.2, -0.15) is 5.10 Å². The molecule has 0 bridgehead atoms. The summed E-state index contributed by atoms with van der Waals surface area (Å²) in [5.41, 5.74) is 1.80. The second-order valence-corrected chi connectivity index (χ2v) is 3.31. The van der Waals surface area contributed by atoms with Gasteiger partial charge in [-0.3, -0.25) is 25.0 Å². The fourth-order valence-corrected chi connectivity index (χ4v) is 1.26. The second-order valence-electron chi connectivity index (χ2n) is 3.31. The van der Waals surface area contributed by atoms with Crippen molar-refractivity contribution in [2.24, 2.45) is 5.84 Å². The lowest BCUT2D eigenvalue weighted by molar-refractivity contribution is -0.385. The molecule has 0 unspecified atom stereocenters. The third-order valence-corrected chi connectivity index (χ3v) is 2.07. The Hall–Kier alpha value is -2.75. The lowest BCUT2D eigenvalue weighted by atomic mass is 10.3. The van der Waals surface area contributed by atoms with Crippen molar-refractivity contribution in [1.29, 1.82) is 0 Å². The first-order chi connectivity index (χ1) is 8.60. The van der Waals surface area contributed by atoms with Crippen LogP contribution in [0.3, 0.4) is 0 Å². The molecule has 1 amide bonds. The van der Waals surface area contributed by atoms with Crippen LogP contribution in [0.25, 0.3) is 0 Å². The summed E-state index contributed by atoms with van der Waals surface area (Å²) >= 11 is 0. The molecule has 0 saturated carbocycles. The van der Waals surface area contributed by atoms with Gasteiger partial charge in [0, 0.05) is 6.07 Å². The van der Waals surface area contributed by atoms with E-state index in [-0.39, 0.29) is 17.9 Å². The molecule has 2 aromatic heterocycles. The molecule has 10 nitrogen and oxygen atoms in total. The van der Waals surface area contributed by atoms with Crippen LogP contribution in [0, 0.1) is 10.1 Å². The molecule has 0 aliphatic rings. The maximum atomic E-state index is 11.1. The Bertz CT molecular complexity index is 588. The quantitative estimate of drug-likeness (QED) is 0.321. The predicted molar refractivity (Wildman–Crippen MR) is 56.1 cm³/mol. The Morgan fingerprint density at radius 1 is 1.67 bits per heavy atom. The molecule has 10 heteroatoms. The zero-order valence-electron chi connectivity index (χ0n) is 8.94. The molecule has 0 atom stereocenters. The van der Waals surface area contributed by atoms with Crippen molar-refractivity contribution in [1.82, 2.24) is 20.4 Å². The fraction of sp³-hybridized carbons (Fsp3) is 0.125. The molecule has 0 aliphatic carbocycles. The Balaban J connectivity index is 2.11. The monoisotopic (exact) mass is 252 g/mol. The van der Waals surface area contributed by atoms with Crippen molar-refractivity contribution >= 4 is 11.6 Å². The largest absolute Gasteiger partial charge is 0.359 e. The van der Waals surface area contributed by atoms with E-state index in [1.807, 2.05) is 5.43 Å². The molecule has 3 N–H and O–H groups in total. The SMILES string of the molecule is NNC(=O)c1cc(Cn2cc([N+](=O)[O-])cn2)on1. The summed E-state index contributed by atoms with van der Waals surface area (Å²) in [5.74, 6) is 4.67. The third kappa shape index (κ3) is 2.32. The van der Waals surface area contributed by atoms with Crippen molar-refractivity contribution < 1.29 is 14.2 Å².